The minimum absolute atomic E-state index is 0. The van der Waals surface area contributed by atoms with Crippen molar-refractivity contribution in [3.05, 3.63) is 51.7 Å². The Balaban J connectivity index is 0.00000288. The number of rotatable bonds is 7. The third-order valence-electron chi connectivity index (χ3n) is 3.44. The van der Waals surface area contributed by atoms with Gasteiger partial charge in [-0.2, -0.15) is 0 Å². The summed E-state index contributed by atoms with van der Waals surface area (Å²) < 4.78 is 5.65. The first-order valence-corrected chi connectivity index (χ1v) is 8.81. The predicted molar refractivity (Wildman–Crippen MR) is 114 cm³/mol. The number of benzene rings is 1. The molecule has 0 bridgehead atoms. The van der Waals surface area contributed by atoms with Crippen LogP contribution < -0.4 is 15.4 Å². The number of hydrogen-bond acceptors (Lipinski definition) is 3. The molecule has 0 saturated carbocycles. The van der Waals surface area contributed by atoms with Crippen molar-refractivity contribution in [3.8, 4) is 5.75 Å². The SMILES string of the molecule is CCOc1ccccc1CNC(=NC)NCc1ccc(CC)s1.I. The standard InChI is InChI=1S/C18H25N3OS.HI/c1-4-15-10-11-16(23-15)13-21-18(19-3)20-12-14-8-6-7-9-17(14)22-5-2;/h6-11H,4-5,12-13H2,1-3H3,(H2,19,20,21);1H. The number of guanidine groups is 1. The Morgan fingerprint density at radius 3 is 2.42 bits per heavy atom. The molecule has 6 heteroatoms. The van der Waals surface area contributed by atoms with E-state index in [1.165, 1.54) is 9.75 Å². The largest absolute Gasteiger partial charge is 0.494 e. The van der Waals surface area contributed by atoms with Crippen molar-refractivity contribution in [2.75, 3.05) is 13.7 Å². The van der Waals surface area contributed by atoms with Gasteiger partial charge in [-0.05, 0) is 31.5 Å². The predicted octanol–water partition coefficient (Wildman–Crippen LogP) is 4.19. The highest BCUT2D eigenvalue weighted by molar-refractivity contribution is 14.0. The van der Waals surface area contributed by atoms with Gasteiger partial charge in [-0.1, -0.05) is 25.1 Å². The number of nitrogens with zero attached hydrogens (tertiary/aromatic N) is 1. The van der Waals surface area contributed by atoms with Gasteiger partial charge in [0.15, 0.2) is 5.96 Å². The minimum atomic E-state index is 0. The lowest BCUT2D eigenvalue weighted by atomic mass is 10.2. The number of ether oxygens (including phenoxy) is 1. The van der Waals surface area contributed by atoms with Gasteiger partial charge in [-0.25, -0.2) is 0 Å². The van der Waals surface area contributed by atoms with Crippen LogP contribution >= 0.6 is 35.3 Å². The number of aliphatic imine (C=N–C) groups is 1. The van der Waals surface area contributed by atoms with Crippen molar-refractivity contribution >= 4 is 41.3 Å². The molecule has 2 N–H and O–H groups in total. The van der Waals surface area contributed by atoms with Crippen molar-refractivity contribution in [2.24, 2.45) is 4.99 Å². The van der Waals surface area contributed by atoms with E-state index in [0.29, 0.717) is 13.2 Å². The van der Waals surface area contributed by atoms with Crippen molar-refractivity contribution in [2.45, 2.75) is 33.4 Å². The van der Waals surface area contributed by atoms with E-state index >= 15 is 0 Å². The molecule has 1 heterocycles. The maximum Gasteiger partial charge on any atom is 0.191 e. The molecule has 0 fully saturated rings. The van der Waals surface area contributed by atoms with Gasteiger partial charge in [-0.15, -0.1) is 35.3 Å². The fourth-order valence-corrected chi connectivity index (χ4v) is 3.12. The van der Waals surface area contributed by atoms with E-state index in [4.69, 9.17) is 4.74 Å². The van der Waals surface area contributed by atoms with Crippen LogP contribution in [0.1, 0.15) is 29.2 Å². The molecule has 0 amide bonds. The van der Waals surface area contributed by atoms with E-state index < -0.39 is 0 Å². The van der Waals surface area contributed by atoms with Gasteiger partial charge in [0, 0.05) is 28.9 Å². The van der Waals surface area contributed by atoms with E-state index in [0.717, 1.165) is 30.2 Å². The lowest BCUT2D eigenvalue weighted by molar-refractivity contribution is 0.336. The first-order chi connectivity index (χ1) is 11.3. The Kier molecular flexibility index (Phi) is 9.78. The molecular weight excluding hydrogens is 433 g/mol. The Bertz CT molecular complexity index is 643. The van der Waals surface area contributed by atoms with Gasteiger partial charge in [0.1, 0.15) is 5.75 Å². The zero-order valence-electron chi connectivity index (χ0n) is 14.5. The summed E-state index contributed by atoms with van der Waals surface area (Å²) in [5.74, 6) is 1.71. The minimum Gasteiger partial charge on any atom is -0.494 e. The van der Waals surface area contributed by atoms with Gasteiger partial charge in [0.25, 0.3) is 0 Å². The fraction of sp³-hybridized carbons (Fsp3) is 0.389. The van der Waals surface area contributed by atoms with Gasteiger partial charge >= 0.3 is 0 Å². The third kappa shape index (κ3) is 6.32. The Hall–Kier alpha value is -1.28. The summed E-state index contributed by atoms with van der Waals surface area (Å²) in [4.78, 5) is 7.01. The summed E-state index contributed by atoms with van der Waals surface area (Å²) >= 11 is 1.84. The summed E-state index contributed by atoms with van der Waals surface area (Å²) in [6.07, 6.45) is 1.09. The van der Waals surface area contributed by atoms with Crippen molar-refractivity contribution in [3.63, 3.8) is 0 Å². The number of halogens is 1. The number of aryl methyl sites for hydroxylation is 1. The molecule has 24 heavy (non-hydrogen) atoms. The van der Waals surface area contributed by atoms with Crippen molar-refractivity contribution < 1.29 is 4.74 Å². The summed E-state index contributed by atoms with van der Waals surface area (Å²) in [6.45, 7) is 6.32. The van der Waals surface area contributed by atoms with Crippen LogP contribution in [0.2, 0.25) is 0 Å². The molecule has 0 unspecified atom stereocenters. The van der Waals surface area contributed by atoms with Crippen LogP contribution in [-0.4, -0.2) is 19.6 Å². The molecule has 0 saturated heterocycles. The van der Waals surface area contributed by atoms with Crippen LogP contribution in [0.3, 0.4) is 0 Å². The Labute approximate surface area is 165 Å². The first kappa shape index (κ1) is 20.8. The third-order valence-corrected chi connectivity index (χ3v) is 4.67. The Morgan fingerprint density at radius 2 is 1.75 bits per heavy atom. The van der Waals surface area contributed by atoms with Crippen molar-refractivity contribution in [1.29, 1.82) is 0 Å². The molecule has 4 nitrogen and oxygen atoms in total. The molecular formula is C18H26IN3OS. The van der Waals surface area contributed by atoms with E-state index in [1.807, 2.05) is 36.5 Å². The first-order valence-electron chi connectivity index (χ1n) is 7.99. The lowest BCUT2D eigenvalue weighted by Crippen LogP contribution is -2.36. The van der Waals surface area contributed by atoms with Gasteiger partial charge in [-0.3, -0.25) is 4.99 Å². The summed E-state index contributed by atoms with van der Waals surface area (Å²) in [5, 5.41) is 6.69. The highest BCUT2D eigenvalue weighted by Crippen LogP contribution is 2.18. The number of thiophene rings is 1. The molecule has 132 valence electrons. The van der Waals surface area contributed by atoms with Gasteiger partial charge in [0.05, 0.1) is 13.2 Å². The summed E-state index contributed by atoms with van der Waals surface area (Å²) in [7, 11) is 1.79. The smallest absolute Gasteiger partial charge is 0.191 e. The zero-order valence-corrected chi connectivity index (χ0v) is 17.6. The normalized spacial score (nSPS) is 10.9. The fourth-order valence-electron chi connectivity index (χ4n) is 2.22. The van der Waals surface area contributed by atoms with Crippen LogP contribution in [0.4, 0.5) is 0 Å². The molecule has 2 rings (SSSR count). The monoisotopic (exact) mass is 459 g/mol. The summed E-state index contributed by atoms with van der Waals surface area (Å²) in [5.41, 5.74) is 1.13. The van der Waals surface area contributed by atoms with Gasteiger partial charge < -0.3 is 15.4 Å². The van der Waals surface area contributed by atoms with Gasteiger partial charge in [0.2, 0.25) is 0 Å². The molecule has 2 aromatic rings. The molecule has 0 aliphatic heterocycles. The topological polar surface area (TPSA) is 45.6 Å². The van der Waals surface area contributed by atoms with E-state index in [-0.39, 0.29) is 24.0 Å². The molecule has 0 aliphatic carbocycles. The maximum atomic E-state index is 5.65. The molecule has 0 atom stereocenters. The second kappa shape index (κ2) is 11.3. The average Bonchev–Trinajstić information content (AvgIpc) is 3.04. The maximum absolute atomic E-state index is 5.65. The second-order valence-corrected chi connectivity index (χ2v) is 6.29. The molecule has 0 spiro atoms. The summed E-state index contributed by atoms with van der Waals surface area (Å²) in [6, 6.07) is 12.4. The zero-order chi connectivity index (χ0) is 16.5. The Morgan fingerprint density at radius 1 is 1.04 bits per heavy atom. The number of para-hydroxylation sites is 1. The molecule has 0 aliphatic rings. The van der Waals surface area contributed by atoms with Crippen LogP contribution in [0.15, 0.2) is 41.4 Å². The highest BCUT2D eigenvalue weighted by atomic mass is 127. The van der Waals surface area contributed by atoms with Crippen LogP contribution in [0, 0.1) is 0 Å². The van der Waals surface area contributed by atoms with Crippen molar-refractivity contribution in [1.82, 2.24) is 10.6 Å². The number of hydrogen-bond donors (Lipinski definition) is 2. The second-order valence-electron chi connectivity index (χ2n) is 5.04. The molecule has 1 aromatic carbocycles. The molecule has 1 aromatic heterocycles. The van der Waals surface area contributed by atoms with E-state index in [1.54, 1.807) is 7.05 Å². The van der Waals surface area contributed by atoms with E-state index in [9.17, 15) is 0 Å². The van der Waals surface area contributed by atoms with Crippen LogP contribution in [0.5, 0.6) is 5.75 Å². The van der Waals surface area contributed by atoms with Crippen LogP contribution in [0.25, 0.3) is 0 Å². The molecule has 0 radical (unpaired) electrons. The average molecular weight is 459 g/mol. The lowest BCUT2D eigenvalue weighted by Gasteiger charge is -2.14. The quantitative estimate of drug-likeness (QED) is 0.371. The number of nitrogens with one attached hydrogen (secondary N) is 2. The highest BCUT2D eigenvalue weighted by Gasteiger charge is 2.05. The van der Waals surface area contributed by atoms with E-state index in [2.05, 4.69) is 40.7 Å². The van der Waals surface area contributed by atoms with Crippen LogP contribution in [-0.2, 0) is 19.5 Å².